The van der Waals surface area contributed by atoms with E-state index in [1.807, 2.05) is 4.90 Å². The molecule has 1 aliphatic heterocycles. The first-order valence-electron chi connectivity index (χ1n) is 11.3. The van der Waals surface area contributed by atoms with Gasteiger partial charge in [0, 0.05) is 18.5 Å². The number of halogens is 3. The average Bonchev–Trinajstić information content (AvgIpc) is 3.27. The maximum atomic E-state index is 14.6. The number of aromatic nitrogens is 1. The van der Waals surface area contributed by atoms with Gasteiger partial charge in [0.1, 0.15) is 23.2 Å². The summed E-state index contributed by atoms with van der Waals surface area (Å²) in [6.45, 7) is 1.06. The predicted octanol–water partition coefficient (Wildman–Crippen LogP) is 4.81. The zero-order valence-electron chi connectivity index (χ0n) is 19.3. The molecule has 3 aromatic rings. The number of rotatable bonds is 7. The number of carboxylic acid groups (broad SMARTS) is 1. The van der Waals surface area contributed by atoms with Crippen LogP contribution >= 0.6 is 0 Å². The Labute approximate surface area is 201 Å². The van der Waals surface area contributed by atoms with Crippen LogP contribution in [0.3, 0.4) is 0 Å². The van der Waals surface area contributed by atoms with Gasteiger partial charge < -0.3 is 9.84 Å². The lowest BCUT2D eigenvalue weighted by Gasteiger charge is -2.24. The number of likely N-dealkylation sites (tertiary alicyclic amines) is 1. The van der Waals surface area contributed by atoms with Gasteiger partial charge in [-0.15, -0.1) is 0 Å². The van der Waals surface area contributed by atoms with Crippen molar-refractivity contribution in [1.29, 1.82) is 0 Å². The smallest absolute Gasteiger partial charge is 0.310 e. The molecule has 0 radical (unpaired) electrons. The Hall–Kier alpha value is -3.57. The van der Waals surface area contributed by atoms with E-state index in [1.54, 1.807) is 18.2 Å². The largest absolute Gasteiger partial charge is 0.497 e. The Balaban J connectivity index is 1.42. The maximum Gasteiger partial charge on any atom is 0.310 e. The van der Waals surface area contributed by atoms with Gasteiger partial charge in [0.05, 0.1) is 36.3 Å². The van der Waals surface area contributed by atoms with Gasteiger partial charge in [-0.25, -0.2) is 13.2 Å². The molecule has 5 nitrogen and oxygen atoms in total. The van der Waals surface area contributed by atoms with Crippen molar-refractivity contribution in [1.82, 2.24) is 9.88 Å². The zero-order valence-corrected chi connectivity index (χ0v) is 19.3. The fourth-order valence-corrected chi connectivity index (χ4v) is 4.61. The molecule has 1 N–H and O–H groups in total. The number of ether oxygens (including phenoxy) is 1. The Morgan fingerprint density at radius 2 is 2.03 bits per heavy atom. The number of fused-ring (bicyclic) bond motifs is 1. The van der Waals surface area contributed by atoms with Crippen molar-refractivity contribution in [2.45, 2.75) is 25.7 Å². The summed E-state index contributed by atoms with van der Waals surface area (Å²) >= 11 is 0. The Morgan fingerprint density at radius 1 is 1.20 bits per heavy atom. The van der Waals surface area contributed by atoms with Crippen LogP contribution in [0.2, 0.25) is 0 Å². The second kappa shape index (κ2) is 10.4. The van der Waals surface area contributed by atoms with Gasteiger partial charge in [-0.1, -0.05) is 11.8 Å². The molecule has 1 saturated heterocycles. The molecule has 8 heteroatoms. The van der Waals surface area contributed by atoms with E-state index in [4.69, 9.17) is 4.74 Å². The summed E-state index contributed by atoms with van der Waals surface area (Å²) < 4.78 is 46.9. The maximum absolute atomic E-state index is 14.6. The first kappa shape index (κ1) is 24.6. The molecule has 35 heavy (non-hydrogen) atoms. The minimum atomic E-state index is -0.969. The SMILES string of the molecule is COc1ccc2ncc(F)c(CCCC3(C(=O)O)CCN(CC#Cc4cc(F)ccc4F)C3)c2c1. The summed E-state index contributed by atoms with van der Waals surface area (Å²) in [5.41, 5.74) is 0.141. The van der Waals surface area contributed by atoms with Gasteiger partial charge in [0.25, 0.3) is 0 Å². The molecule has 1 aliphatic rings. The molecular formula is C27H25F3N2O3. The van der Waals surface area contributed by atoms with Gasteiger partial charge in [-0.3, -0.25) is 14.7 Å². The third kappa shape index (κ3) is 5.41. The van der Waals surface area contributed by atoms with Crippen LogP contribution in [0.1, 0.15) is 30.4 Å². The van der Waals surface area contributed by atoms with Crippen LogP contribution in [0.5, 0.6) is 5.75 Å². The van der Waals surface area contributed by atoms with Gasteiger partial charge in [0.2, 0.25) is 0 Å². The zero-order chi connectivity index (χ0) is 25.0. The van der Waals surface area contributed by atoms with Crippen LogP contribution < -0.4 is 4.74 Å². The lowest BCUT2D eigenvalue weighted by atomic mass is 9.81. The Kier molecular flexibility index (Phi) is 7.27. The van der Waals surface area contributed by atoms with Gasteiger partial charge in [-0.05, 0) is 67.6 Å². The minimum Gasteiger partial charge on any atom is -0.497 e. The number of methoxy groups -OCH3 is 1. The highest BCUT2D eigenvalue weighted by molar-refractivity contribution is 5.83. The standard InChI is InChI=1S/C27H25F3N2O3/c1-35-20-7-9-25-22(15-20)21(24(30)16-31-25)5-2-10-27(26(33)34)11-13-32(17-27)12-3-4-18-14-19(28)6-8-23(18)29/h6-9,14-16H,2,5,10-13,17H2,1H3,(H,33,34). The number of hydrogen-bond acceptors (Lipinski definition) is 4. The molecule has 0 bridgehead atoms. The second-order valence-corrected chi connectivity index (χ2v) is 8.79. The molecule has 1 aromatic heterocycles. The summed E-state index contributed by atoms with van der Waals surface area (Å²) in [7, 11) is 1.54. The van der Waals surface area contributed by atoms with Gasteiger partial charge in [-0.2, -0.15) is 0 Å². The monoisotopic (exact) mass is 482 g/mol. The van der Waals surface area contributed by atoms with Crippen molar-refractivity contribution in [2.75, 3.05) is 26.7 Å². The molecule has 1 atom stereocenters. The van der Waals surface area contributed by atoms with Crippen LogP contribution in [0.15, 0.2) is 42.6 Å². The molecule has 0 amide bonds. The van der Waals surface area contributed by atoms with Crippen molar-refractivity contribution in [2.24, 2.45) is 5.41 Å². The Morgan fingerprint density at radius 3 is 2.80 bits per heavy atom. The van der Waals surface area contributed by atoms with Crippen molar-refractivity contribution < 1.29 is 27.8 Å². The summed E-state index contributed by atoms with van der Waals surface area (Å²) in [6.07, 6.45) is 2.84. The van der Waals surface area contributed by atoms with Gasteiger partial charge >= 0.3 is 5.97 Å². The highest BCUT2D eigenvalue weighted by Crippen LogP contribution is 2.36. The molecule has 2 heterocycles. The normalized spacial score (nSPS) is 17.8. The molecule has 0 saturated carbocycles. The first-order valence-corrected chi connectivity index (χ1v) is 11.3. The van der Waals surface area contributed by atoms with E-state index < -0.39 is 28.8 Å². The van der Waals surface area contributed by atoms with E-state index in [0.717, 1.165) is 18.2 Å². The number of carboxylic acids is 1. The van der Waals surface area contributed by atoms with E-state index in [1.165, 1.54) is 13.3 Å². The molecule has 1 unspecified atom stereocenters. The van der Waals surface area contributed by atoms with Crippen molar-refractivity contribution in [3.05, 3.63) is 71.2 Å². The first-order chi connectivity index (χ1) is 16.8. The number of aliphatic carboxylic acids is 1. The van der Waals surface area contributed by atoms with Crippen molar-refractivity contribution in [3.63, 3.8) is 0 Å². The van der Waals surface area contributed by atoms with Gasteiger partial charge in [0.15, 0.2) is 0 Å². The van der Waals surface area contributed by atoms with Crippen LogP contribution in [0.25, 0.3) is 10.9 Å². The van der Waals surface area contributed by atoms with Crippen LogP contribution in [0, 0.1) is 34.7 Å². The minimum absolute atomic E-state index is 0.0306. The van der Waals surface area contributed by atoms with E-state index in [-0.39, 0.29) is 18.7 Å². The molecule has 0 spiro atoms. The van der Waals surface area contributed by atoms with Crippen LogP contribution in [-0.2, 0) is 11.2 Å². The average molecular weight is 483 g/mol. The summed E-state index contributed by atoms with van der Waals surface area (Å²) in [4.78, 5) is 18.2. The number of nitrogens with zero attached hydrogens (tertiary/aromatic N) is 2. The predicted molar refractivity (Wildman–Crippen MR) is 126 cm³/mol. The fraction of sp³-hybridized carbons (Fsp3) is 0.333. The molecular weight excluding hydrogens is 457 g/mol. The number of benzene rings is 2. The number of carbonyl (C=O) groups is 1. The summed E-state index contributed by atoms with van der Waals surface area (Å²) in [5, 5.41) is 10.6. The van der Waals surface area contributed by atoms with Crippen molar-refractivity contribution in [3.8, 4) is 17.6 Å². The lowest BCUT2D eigenvalue weighted by molar-refractivity contribution is -0.148. The summed E-state index contributed by atoms with van der Waals surface area (Å²) in [6, 6.07) is 8.35. The highest BCUT2D eigenvalue weighted by atomic mass is 19.1. The van der Waals surface area contributed by atoms with Crippen molar-refractivity contribution >= 4 is 16.9 Å². The molecule has 0 aliphatic carbocycles. The van der Waals surface area contributed by atoms with E-state index >= 15 is 0 Å². The summed E-state index contributed by atoms with van der Waals surface area (Å²) in [5.74, 6) is 3.54. The van der Waals surface area contributed by atoms with E-state index in [2.05, 4.69) is 16.8 Å². The fourth-order valence-electron chi connectivity index (χ4n) is 4.61. The van der Waals surface area contributed by atoms with Crippen LogP contribution in [0.4, 0.5) is 13.2 Å². The topological polar surface area (TPSA) is 62.7 Å². The van der Waals surface area contributed by atoms with E-state index in [9.17, 15) is 23.1 Å². The molecule has 1 fully saturated rings. The third-order valence-electron chi connectivity index (χ3n) is 6.56. The quantitative estimate of drug-likeness (QED) is 0.490. The highest BCUT2D eigenvalue weighted by Gasteiger charge is 2.44. The number of hydrogen-bond donors (Lipinski definition) is 1. The third-order valence-corrected chi connectivity index (χ3v) is 6.56. The number of pyridine rings is 1. The van der Waals surface area contributed by atoms with Crippen LogP contribution in [-0.4, -0.2) is 47.7 Å². The molecule has 182 valence electrons. The molecule has 4 rings (SSSR count). The van der Waals surface area contributed by atoms with E-state index in [0.29, 0.717) is 54.4 Å². The lowest BCUT2D eigenvalue weighted by Crippen LogP contribution is -2.35. The Bertz CT molecular complexity index is 1320. The molecule has 2 aromatic carbocycles. The number of aryl methyl sites for hydroxylation is 1. The second-order valence-electron chi connectivity index (χ2n) is 8.79.